The second kappa shape index (κ2) is 11.5. The second-order valence-corrected chi connectivity index (χ2v) is 10.4. The topological polar surface area (TPSA) is 39.3 Å². The van der Waals surface area contributed by atoms with Crippen LogP contribution in [0.25, 0.3) is 0 Å². The highest BCUT2D eigenvalue weighted by Gasteiger charge is 2.40. The molecular formula is C29H30ClF3N4O2. The Bertz CT molecular complexity index is 1280. The largest absolute Gasteiger partial charge is 0.457 e. The molecule has 0 radical (unpaired) electrons. The number of amides is 2. The molecule has 39 heavy (non-hydrogen) atoms. The average molecular weight is 559 g/mol. The van der Waals surface area contributed by atoms with E-state index in [9.17, 15) is 18.0 Å². The number of piperazine rings is 1. The minimum Gasteiger partial charge on any atom is -0.457 e. The third-order valence-corrected chi connectivity index (χ3v) is 7.48. The average Bonchev–Trinajstić information content (AvgIpc) is 3.25. The van der Waals surface area contributed by atoms with E-state index < -0.39 is 17.8 Å². The van der Waals surface area contributed by atoms with Crippen LogP contribution in [0.5, 0.6) is 11.5 Å². The zero-order valence-corrected chi connectivity index (χ0v) is 22.3. The number of carbonyl (C=O) groups is 1. The summed E-state index contributed by atoms with van der Waals surface area (Å²) >= 11 is 5.94. The Morgan fingerprint density at radius 3 is 2.18 bits per heavy atom. The minimum atomic E-state index is -4.47. The molecule has 2 amide bonds. The molecule has 0 spiro atoms. The first kappa shape index (κ1) is 27.3. The molecule has 2 aliphatic heterocycles. The number of hydrogen-bond acceptors (Lipinski definition) is 4. The van der Waals surface area contributed by atoms with E-state index in [-0.39, 0.29) is 6.03 Å². The third kappa shape index (κ3) is 6.49. The van der Waals surface area contributed by atoms with Crippen LogP contribution in [0.2, 0.25) is 5.02 Å². The van der Waals surface area contributed by atoms with Crippen molar-refractivity contribution in [3.8, 4) is 11.5 Å². The molecule has 6 nitrogen and oxygen atoms in total. The molecule has 2 saturated heterocycles. The lowest BCUT2D eigenvalue weighted by Gasteiger charge is -2.33. The summed E-state index contributed by atoms with van der Waals surface area (Å²) in [6, 6.07) is 18.4. The number of alkyl halides is 3. The summed E-state index contributed by atoms with van der Waals surface area (Å²) in [6.45, 7) is 5.32. The highest BCUT2D eigenvalue weighted by atomic mass is 35.5. The molecule has 0 N–H and O–H groups in total. The van der Waals surface area contributed by atoms with Crippen LogP contribution in [0, 0.1) is 0 Å². The zero-order chi connectivity index (χ0) is 27.6. The van der Waals surface area contributed by atoms with Gasteiger partial charge in [-0.1, -0.05) is 23.7 Å². The van der Waals surface area contributed by atoms with E-state index in [1.165, 1.54) is 6.07 Å². The van der Waals surface area contributed by atoms with Crippen molar-refractivity contribution in [2.75, 3.05) is 57.8 Å². The van der Waals surface area contributed by atoms with Crippen LogP contribution < -0.4 is 9.64 Å². The Labute approximate surface area is 231 Å². The number of hydrogen-bond donors (Lipinski definition) is 0. The van der Waals surface area contributed by atoms with Crippen LogP contribution in [0.3, 0.4) is 0 Å². The number of carbonyl (C=O) groups excluding carboxylic acids is 1. The van der Waals surface area contributed by atoms with Crippen LogP contribution in [0.15, 0.2) is 72.8 Å². The lowest BCUT2D eigenvalue weighted by atomic mass is 10.0. The molecule has 206 valence electrons. The Morgan fingerprint density at radius 2 is 1.54 bits per heavy atom. The maximum absolute atomic E-state index is 13.7. The molecule has 10 heteroatoms. The highest BCUT2D eigenvalue weighted by molar-refractivity contribution is 6.30. The minimum absolute atomic E-state index is 0.224. The number of likely N-dealkylation sites (N-methyl/N-ethyl adjacent to an activating group) is 1. The molecule has 0 bridgehead atoms. The van der Waals surface area contributed by atoms with Gasteiger partial charge in [-0.3, -0.25) is 9.80 Å². The van der Waals surface area contributed by atoms with Crippen molar-refractivity contribution in [2.24, 2.45) is 0 Å². The molecule has 2 aliphatic rings. The van der Waals surface area contributed by atoms with Gasteiger partial charge in [-0.05, 0) is 73.3 Å². The van der Waals surface area contributed by atoms with E-state index in [4.69, 9.17) is 16.3 Å². The summed E-state index contributed by atoms with van der Waals surface area (Å²) in [6.07, 6.45) is -4.47. The molecule has 2 heterocycles. The molecule has 0 aliphatic carbocycles. The van der Waals surface area contributed by atoms with Gasteiger partial charge in [0.1, 0.15) is 11.5 Å². The van der Waals surface area contributed by atoms with Gasteiger partial charge in [0.05, 0.1) is 11.6 Å². The number of benzene rings is 3. The van der Waals surface area contributed by atoms with Crippen molar-refractivity contribution in [1.82, 2.24) is 14.7 Å². The third-order valence-electron chi connectivity index (χ3n) is 7.23. The smallest absolute Gasteiger partial charge is 0.416 e. The predicted octanol–water partition coefficient (Wildman–Crippen LogP) is 6.38. The zero-order valence-electron chi connectivity index (χ0n) is 21.6. The second-order valence-electron chi connectivity index (χ2n) is 9.93. The summed E-state index contributed by atoms with van der Waals surface area (Å²) in [5.41, 5.74) is 0.310. The first-order valence-electron chi connectivity index (χ1n) is 12.9. The number of nitrogens with zero attached hydrogens (tertiary/aromatic N) is 4. The highest BCUT2D eigenvalue weighted by Crippen LogP contribution is 2.38. The quantitative estimate of drug-likeness (QED) is 0.337. The van der Waals surface area contributed by atoms with Crippen LogP contribution in [0.4, 0.5) is 23.7 Å². The van der Waals surface area contributed by atoms with Crippen molar-refractivity contribution >= 4 is 23.3 Å². The fourth-order valence-electron chi connectivity index (χ4n) is 4.96. The number of rotatable bonds is 7. The van der Waals surface area contributed by atoms with Gasteiger partial charge in [0.25, 0.3) is 0 Å². The number of anilines is 1. The van der Waals surface area contributed by atoms with Gasteiger partial charge in [-0.2, -0.15) is 13.2 Å². The van der Waals surface area contributed by atoms with E-state index in [0.29, 0.717) is 40.9 Å². The van der Waals surface area contributed by atoms with Crippen molar-refractivity contribution < 1.29 is 22.7 Å². The fourth-order valence-corrected chi connectivity index (χ4v) is 5.08. The van der Waals surface area contributed by atoms with Gasteiger partial charge in [-0.15, -0.1) is 0 Å². The fraction of sp³-hybridized carbons (Fsp3) is 0.345. The van der Waals surface area contributed by atoms with E-state index in [2.05, 4.69) is 16.8 Å². The van der Waals surface area contributed by atoms with Crippen molar-refractivity contribution in [3.05, 3.63) is 88.9 Å². The predicted molar refractivity (Wildman–Crippen MR) is 146 cm³/mol. The molecule has 0 saturated carbocycles. The van der Waals surface area contributed by atoms with Gasteiger partial charge in [0.15, 0.2) is 0 Å². The molecule has 5 rings (SSSR count). The van der Waals surface area contributed by atoms with Crippen molar-refractivity contribution in [2.45, 2.75) is 12.2 Å². The summed E-state index contributed by atoms with van der Waals surface area (Å²) in [4.78, 5) is 21.6. The number of halogens is 4. The van der Waals surface area contributed by atoms with Gasteiger partial charge < -0.3 is 14.5 Å². The maximum Gasteiger partial charge on any atom is 0.416 e. The van der Waals surface area contributed by atoms with Crippen LogP contribution in [-0.4, -0.2) is 73.6 Å². The molecule has 1 unspecified atom stereocenters. The van der Waals surface area contributed by atoms with Crippen LogP contribution in [0.1, 0.15) is 17.2 Å². The van der Waals surface area contributed by atoms with Gasteiger partial charge in [0, 0.05) is 56.5 Å². The van der Waals surface area contributed by atoms with E-state index in [0.717, 1.165) is 44.9 Å². The molecule has 1 atom stereocenters. The van der Waals surface area contributed by atoms with Crippen molar-refractivity contribution in [3.63, 3.8) is 0 Å². The SMILES string of the molecule is CN1CCN(CCN2CC(c3cccc(C(F)(F)F)c3)N(c3ccc(Oc4ccc(Cl)cc4)cc3)C2=O)CC1. The first-order chi connectivity index (χ1) is 18.7. The lowest BCUT2D eigenvalue weighted by molar-refractivity contribution is -0.137. The van der Waals surface area contributed by atoms with Crippen LogP contribution in [-0.2, 0) is 6.18 Å². The monoisotopic (exact) mass is 558 g/mol. The van der Waals surface area contributed by atoms with Gasteiger partial charge in [-0.25, -0.2) is 4.79 Å². The molecular weight excluding hydrogens is 529 g/mol. The lowest BCUT2D eigenvalue weighted by Crippen LogP contribution is -2.47. The first-order valence-corrected chi connectivity index (χ1v) is 13.2. The van der Waals surface area contributed by atoms with Gasteiger partial charge in [0.2, 0.25) is 0 Å². The normalized spacial score (nSPS) is 19.1. The Hall–Kier alpha value is -3.27. The molecule has 3 aromatic rings. The Kier molecular flexibility index (Phi) is 8.02. The summed E-state index contributed by atoms with van der Waals surface area (Å²) in [5.74, 6) is 1.18. The van der Waals surface area contributed by atoms with E-state index >= 15 is 0 Å². The van der Waals surface area contributed by atoms with Gasteiger partial charge >= 0.3 is 12.2 Å². The molecule has 3 aromatic carbocycles. The van der Waals surface area contributed by atoms with E-state index in [1.807, 2.05) is 0 Å². The summed E-state index contributed by atoms with van der Waals surface area (Å²) in [7, 11) is 2.09. The molecule has 2 fully saturated rings. The summed E-state index contributed by atoms with van der Waals surface area (Å²) in [5, 5.41) is 0.600. The van der Waals surface area contributed by atoms with E-state index in [1.54, 1.807) is 64.4 Å². The molecule has 0 aromatic heterocycles. The number of ether oxygens (including phenoxy) is 1. The Morgan fingerprint density at radius 1 is 0.897 bits per heavy atom. The maximum atomic E-state index is 13.7. The Balaban J connectivity index is 1.38. The number of urea groups is 1. The standard InChI is InChI=1S/C29H30ClF3N4O2/c1-34-13-15-35(16-14-34)17-18-36-20-27(21-3-2-4-22(19-21)29(31,32)33)37(28(36)38)24-7-11-26(12-8-24)39-25-9-5-23(30)6-10-25/h2-12,19,27H,13-18,20H2,1H3. The van der Waals surface area contributed by atoms with Crippen LogP contribution >= 0.6 is 11.6 Å². The van der Waals surface area contributed by atoms with Crippen molar-refractivity contribution in [1.29, 1.82) is 0 Å². The summed E-state index contributed by atoms with van der Waals surface area (Å²) < 4.78 is 46.4.